The predicted octanol–water partition coefficient (Wildman–Crippen LogP) is 7.33. The first-order valence-corrected chi connectivity index (χ1v) is 12.9. The Morgan fingerprint density at radius 2 is 1.83 bits per heavy atom. The van der Waals surface area contributed by atoms with Crippen LogP contribution < -0.4 is 5.32 Å². The van der Waals surface area contributed by atoms with Gasteiger partial charge < -0.3 is 10.2 Å². The third-order valence-corrected chi connectivity index (χ3v) is 7.20. The van der Waals surface area contributed by atoms with E-state index in [1.165, 1.54) is 0 Å². The molecule has 2 aromatic carbocycles. The number of nitrogens with one attached hydrogen (secondary N) is 1. The van der Waals surface area contributed by atoms with Gasteiger partial charge in [-0.05, 0) is 75.4 Å². The lowest BCUT2D eigenvalue weighted by molar-refractivity contribution is -0.159. The van der Waals surface area contributed by atoms with Crippen LogP contribution in [0.3, 0.4) is 0 Å². The molecule has 1 saturated heterocycles. The Balaban J connectivity index is 2.24. The Bertz CT molecular complexity index is 1080. The van der Waals surface area contributed by atoms with Gasteiger partial charge in [-0.15, -0.1) is 6.58 Å². The molecule has 0 bridgehead atoms. The minimum Gasteiger partial charge on any atom is -0.350 e. The van der Waals surface area contributed by atoms with Crippen LogP contribution in [0.2, 0.25) is 10.0 Å². The first-order valence-electron chi connectivity index (χ1n) is 12.2. The minimum atomic E-state index is -0.701. The summed E-state index contributed by atoms with van der Waals surface area (Å²) in [7, 11) is 0. The normalized spacial score (nSPS) is 23.6. The molecule has 1 N–H and O–H groups in total. The molecule has 1 aliphatic heterocycles. The molecular formula is C29H36Cl2N2O2. The minimum absolute atomic E-state index is 0.0356. The highest BCUT2D eigenvalue weighted by Crippen LogP contribution is 2.52. The maximum absolute atomic E-state index is 14.2. The van der Waals surface area contributed by atoms with E-state index in [4.69, 9.17) is 23.2 Å². The highest BCUT2D eigenvalue weighted by Gasteiger charge is 2.52. The molecule has 0 aliphatic carbocycles. The zero-order valence-corrected chi connectivity index (χ0v) is 22.8. The van der Waals surface area contributed by atoms with Gasteiger partial charge in [-0.3, -0.25) is 9.59 Å². The molecule has 0 aromatic heterocycles. The van der Waals surface area contributed by atoms with E-state index in [1.54, 1.807) is 6.08 Å². The van der Waals surface area contributed by atoms with Crippen molar-refractivity contribution in [3.05, 3.63) is 82.4 Å². The lowest BCUT2D eigenvalue weighted by Crippen LogP contribution is -2.60. The van der Waals surface area contributed by atoms with Crippen molar-refractivity contribution in [3.8, 4) is 0 Å². The van der Waals surface area contributed by atoms with Gasteiger partial charge in [0, 0.05) is 21.5 Å². The van der Waals surface area contributed by atoms with Crippen LogP contribution in [0.4, 0.5) is 0 Å². The number of amides is 2. The number of piperidine rings is 1. The van der Waals surface area contributed by atoms with Crippen molar-refractivity contribution in [2.24, 2.45) is 5.41 Å². The summed E-state index contributed by atoms with van der Waals surface area (Å²) in [6, 6.07) is 14.4. The molecule has 4 nitrogen and oxygen atoms in total. The van der Waals surface area contributed by atoms with Crippen LogP contribution >= 0.6 is 23.2 Å². The van der Waals surface area contributed by atoms with Crippen LogP contribution in [0.5, 0.6) is 0 Å². The van der Waals surface area contributed by atoms with Crippen molar-refractivity contribution in [1.82, 2.24) is 10.2 Å². The van der Waals surface area contributed by atoms with Crippen molar-refractivity contribution in [2.45, 2.75) is 77.4 Å². The molecular weight excluding hydrogens is 479 g/mol. The van der Waals surface area contributed by atoms with E-state index >= 15 is 0 Å². The third kappa shape index (κ3) is 6.10. The van der Waals surface area contributed by atoms with Crippen LogP contribution in [0.15, 0.2) is 61.2 Å². The highest BCUT2D eigenvalue weighted by molar-refractivity contribution is 6.30. The Morgan fingerprint density at radius 3 is 2.37 bits per heavy atom. The summed E-state index contributed by atoms with van der Waals surface area (Å²) in [6.45, 7) is 13.7. The first kappa shape index (κ1) is 27.3. The number of likely N-dealkylation sites (tertiary alicyclic amines) is 1. The summed E-state index contributed by atoms with van der Waals surface area (Å²) in [5.41, 5.74) is 0.856. The van der Waals surface area contributed by atoms with Gasteiger partial charge in [0.2, 0.25) is 11.8 Å². The molecule has 3 unspecified atom stereocenters. The number of benzene rings is 2. The molecule has 0 radical (unpaired) electrons. The molecule has 0 spiro atoms. The Morgan fingerprint density at radius 1 is 1.17 bits per heavy atom. The molecule has 1 heterocycles. The van der Waals surface area contributed by atoms with E-state index in [9.17, 15) is 9.59 Å². The molecule has 4 atom stereocenters. The molecule has 1 fully saturated rings. The Hall–Kier alpha value is -2.30. The lowest BCUT2D eigenvalue weighted by Gasteiger charge is -2.51. The van der Waals surface area contributed by atoms with Crippen molar-refractivity contribution in [3.63, 3.8) is 0 Å². The number of carbonyl (C=O) groups excluding carboxylic acids is 2. The van der Waals surface area contributed by atoms with E-state index in [-0.39, 0.29) is 23.8 Å². The first-order chi connectivity index (χ1) is 16.4. The van der Waals surface area contributed by atoms with Crippen LogP contribution in [0, 0.1) is 5.41 Å². The van der Waals surface area contributed by atoms with E-state index in [0.29, 0.717) is 29.3 Å². The topological polar surface area (TPSA) is 49.4 Å². The summed E-state index contributed by atoms with van der Waals surface area (Å²) >= 11 is 12.6. The van der Waals surface area contributed by atoms with Crippen LogP contribution in [0.1, 0.15) is 77.0 Å². The van der Waals surface area contributed by atoms with E-state index < -0.39 is 17.0 Å². The van der Waals surface area contributed by atoms with E-state index in [0.717, 1.165) is 11.1 Å². The molecule has 0 saturated carbocycles. The zero-order chi connectivity index (χ0) is 26.0. The molecule has 35 heavy (non-hydrogen) atoms. The van der Waals surface area contributed by atoms with Gasteiger partial charge in [-0.25, -0.2) is 0 Å². The van der Waals surface area contributed by atoms with E-state index in [1.807, 2.05) is 82.0 Å². The molecule has 2 aromatic rings. The molecule has 1 aliphatic rings. The van der Waals surface area contributed by atoms with Gasteiger partial charge in [0.15, 0.2) is 0 Å². The number of hydrogen-bond acceptors (Lipinski definition) is 2. The van der Waals surface area contributed by atoms with Gasteiger partial charge in [0.25, 0.3) is 0 Å². The van der Waals surface area contributed by atoms with Gasteiger partial charge in [-0.1, -0.05) is 67.4 Å². The number of carbonyl (C=O) groups is 2. The SMILES string of the molecule is C=CCC1(C)CC(c2cccc(Cl)c2)[C@@H](c2ccc(Cl)cc2)N(C(CC)C(=O)NC(C)(C)C)C1=O. The van der Waals surface area contributed by atoms with Crippen molar-refractivity contribution in [2.75, 3.05) is 0 Å². The fourth-order valence-corrected chi connectivity index (χ4v) is 5.52. The second-order valence-corrected chi connectivity index (χ2v) is 11.7. The summed E-state index contributed by atoms with van der Waals surface area (Å²) in [5, 5.41) is 4.36. The van der Waals surface area contributed by atoms with Crippen LogP contribution in [-0.4, -0.2) is 28.3 Å². The maximum atomic E-state index is 14.2. The molecule has 6 heteroatoms. The van der Waals surface area contributed by atoms with E-state index in [2.05, 4.69) is 18.0 Å². The fraction of sp³-hybridized carbons (Fsp3) is 0.448. The maximum Gasteiger partial charge on any atom is 0.243 e. The summed E-state index contributed by atoms with van der Waals surface area (Å²) < 4.78 is 0. The predicted molar refractivity (Wildman–Crippen MR) is 145 cm³/mol. The molecule has 3 rings (SSSR count). The van der Waals surface area contributed by atoms with Gasteiger partial charge in [0.1, 0.15) is 6.04 Å². The number of nitrogens with zero attached hydrogens (tertiary/aromatic N) is 1. The molecule has 188 valence electrons. The van der Waals surface area contributed by atoms with Crippen molar-refractivity contribution >= 4 is 35.0 Å². The number of hydrogen-bond donors (Lipinski definition) is 1. The smallest absolute Gasteiger partial charge is 0.243 e. The Labute approximate surface area is 219 Å². The second kappa shape index (κ2) is 10.8. The quantitative estimate of drug-likeness (QED) is 0.393. The highest BCUT2D eigenvalue weighted by atomic mass is 35.5. The standard InChI is InChI=1S/C29H36Cl2N2O2/c1-7-16-29(6)18-23(20-10-9-11-22(31)17-20)25(19-12-14-21(30)15-13-19)33(27(29)35)24(8-2)26(34)32-28(3,4)5/h7,9-15,17,23-25H,1,8,16,18H2,2-6H3,(H,32,34)/t23?,24?,25-,29?/m1/s1. The monoisotopic (exact) mass is 514 g/mol. The average molecular weight is 516 g/mol. The lowest BCUT2D eigenvalue weighted by atomic mass is 9.67. The molecule has 2 amide bonds. The third-order valence-electron chi connectivity index (χ3n) is 6.71. The average Bonchev–Trinajstić information content (AvgIpc) is 2.77. The zero-order valence-electron chi connectivity index (χ0n) is 21.3. The summed E-state index contributed by atoms with van der Waals surface area (Å²) in [5.74, 6) is -0.263. The van der Waals surface area contributed by atoms with Crippen molar-refractivity contribution in [1.29, 1.82) is 0 Å². The number of rotatable bonds is 7. The van der Waals surface area contributed by atoms with Crippen LogP contribution in [0.25, 0.3) is 0 Å². The number of allylic oxidation sites excluding steroid dienone is 1. The summed E-state index contributed by atoms with van der Waals surface area (Å²) in [6.07, 6.45) is 3.41. The Kier molecular flexibility index (Phi) is 8.39. The van der Waals surface area contributed by atoms with Gasteiger partial charge >= 0.3 is 0 Å². The largest absolute Gasteiger partial charge is 0.350 e. The van der Waals surface area contributed by atoms with Crippen molar-refractivity contribution < 1.29 is 9.59 Å². The van der Waals surface area contributed by atoms with Crippen LogP contribution in [-0.2, 0) is 9.59 Å². The fourth-order valence-electron chi connectivity index (χ4n) is 5.19. The second-order valence-electron chi connectivity index (χ2n) is 10.8. The van der Waals surface area contributed by atoms with Gasteiger partial charge in [-0.2, -0.15) is 0 Å². The number of halogens is 2. The summed E-state index contributed by atoms with van der Waals surface area (Å²) in [4.78, 5) is 29.6. The van der Waals surface area contributed by atoms with Gasteiger partial charge in [0.05, 0.1) is 11.5 Å².